The zero-order chi connectivity index (χ0) is 22.2. The second-order valence-electron chi connectivity index (χ2n) is 6.97. The molecular formula is C23H28FN3O4. The van der Waals surface area contributed by atoms with Crippen LogP contribution in [0.3, 0.4) is 0 Å². The summed E-state index contributed by atoms with van der Waals surface area (Å²) in [5.74, 6) is 0.531. The van der Waals surface area contributed by atoms with Gasteiger partial charge in [-0.25, -0.2) is 9.40 Å². The Morgan fingerprint density at radius 3 is 2.74 bits per heavy atom. The summed E-state index contributed by atoms with van der Waals surface area (Å²) in [6, 6.07) is 9.82. The molecule has 0 bridgehead atoms. The van der Waals surface area contributed by atoms with Gasteiger partial charge in [-0.15, -0.1) is 0 Å². The van der Waals surface area contributed by atoms with Crippen LogP contribution in [0.25, 0.3) is 0 Å². The van der Waals surface area contributed by atoms with Crippen LogP contribution in [0.4, 0.5) is 4.39 Å². The number of likely N-dealkylation sites (N-methyl/N-ethyl adjacent to an activating group) is 1. The van der Waals surface area contributed by atoms with E-state index in [1.165, 1.54) is 17.1 Å². The minimum Gasteiger partial charge on any atom is -0.493 e. The van der Waals surface area contributed by atoms with Crippen LogP contribution in [0.15, 0.2) is 41.5 Å². The lowest BCUT2D eigenvalue weighted by atomic mass is 10.0. The second kappa shape index (κ2) is 10.8. The standard InChI is InChI=1S/C23H28FN3O4/c1-4-30-22-14-16(7-10-21(22)29-3)20-6-5-12-27(26-20)23(28)18-9-8-17(15-19(18)24)31-13-11-25-2/h7-10,14-15,25H,4-6,11-13H2,1-3H3. The van der Waals surface area contributed by atoms with E-state index < -0.39 is 11.7 Å². The Balaban J connectivity index is 1.80. The maximum Gasteiger partial charge on any atom is 0.276 e. The molecule has 3 rings (SSSR count). The molecule has 0 unspecified atom stereocenters. The second-order valence-corrected chi connectivity index (χ2v) is 6.97. The third-order valence-electron chi connectivity index (χ3n) is 4.85. The Kier molecular flexibility index (Phi) is 7.83. The first kappa shape index (κ1) is 22.6. The van der Waals surface area contributed by atoms with Crippen molar-refractivity contribution in [3.05, 3.63) is 53.3 Å². The van der Waals surface area contributed by atoms with E-state index in [-0.39, 0.29) is 5.56 Å². The van der Waals surface area contributed by atoms with Gasteiger partial charge in [-0.1, -0.05) is 0 Å². The number of halogens is 1. The summed E-state index contributed by atoms with van der Waals surface area (Å²) in [5, 5.41) is 8.78. The summed E-state index contributed by atoms with van der Waals surface area (Å²) in [7, 11) is 3.39. The summed E-state index contributed by atoms with van der Waals surface area (Å²) in [6.07, 6.45) is 1.44. The van der Waals surface area contributed by atoms with Crippen LogP contribution >= 0.6 is 0 Å². The van der Waals surface area contributed by atoms with Crippen LogP contribution in [-0.2, 0) is 0 Å². The third kappa shape index (κ3) is 5.52. The molecule has 2 aromatic carbocycles. The van der Waals surface area contributed by atoms with Gasteiger partial charge in [0, 0.05) is 24.7 Å². The normalized spacial score (nSPS) is 13.5. The maximum atomic E-state index is 14.6. The van der Waals surface area contributed by atoms with Crippen molar-refractivity contribution in [1.29, 1.82) is 0 Å². The van der Waals surface area contributed by atoms with Gasteiger partial charge in [-0.3, -0.25) is 4.79 Å². The van der Waals surface area contributed by atoms with Crippen LogP contribution in [0.2, 0.25) is 0 Å². The number of nitrogens with one attached hydrogen (secondary N) is 1. The molecule has 0 fully saturated rings. The Bertz CT molecular complexity index is 948. The number of rotatable bonds is 9. The van der Waals surface area contributed by atoms with Crippen molar-refractivity contribution in [3.8, 4) is 17.2 Å². The molecule has 1 N–H and O–H groups in total. The van der Waals surface area contributed by atoms with Gasteiger partial charge in [-0.2, -0.15) is 5.10 Å². The molecule has 0 aromatic heterocycles. The maximum absolute atomic E-state index is 14.6. The van der Waals surface area contributed by atoms with Crippen molar-refractivity contribution in [2.45, 2.75) is 19.8 Å². The fraction of sp³-hybridized carbons (Fsp3) is 0.391. The van der Waals surface area contributed by atoms with E-state index in [0.717, 1.165) is 17.7 Å². The molecule has 0 radical (unpaired) electrons. The third-order valence-corrected chi connectivity index (χ3v) is 4.85. The molecule has 0 atom stereocenters. The number of methoxy groups -OCH3 is 1. The molecule has 1 aliphatic heterocycles. The van der Waals surface area contributed by atoms with E-state index in [2.05, 4.69) is 10.4 Å². The number of amides is 1. The molecule has 166 valence electrons. The summed E-state index contributed by atoms with van der Waals surface area (Å²) < 4.78 is 31.0. The van der Waals surface area contributed by atoms with Crippen molar-refractivity contribution in [2.75, 3.05) is 40.5 Å². The SMILES string of the molecule is CCOc1cc(C2=NN(C(=O)c3ccc(OCCNC)cc3F)CCC2)ccc1OC. The van der Waals surface area contributed by atoms with E-state index in [1.807, 2.05) is 32.2 Å². The molecule has 1 aliphatic rings. The molecule has 8 heteroatoms. The minimum atomic E-state index is -0.627. The highest BCUT2D eigenvalue weighted by Crippen LogP contribution is 2.30. The molecule has 0 spiro atoms. The summed E-state index contributed by atoms with van der Waals surface area (Å²) in [5.41, 5.74) is 1.56. The number of carbonyl (C=O) groups excluding carboxylic acids is 1. The highest BCUT2D eigenvalue weighted by Gasteiger charge is 2.24. The van der Waals surface area contributed by atoms with Crippen LogP contribution in [0, 0.1) is 5.82 Å². The fourth-order valence-corrected chi connectivity index (χ4v) is 3.28. The lowest BCUT2D eigenvalue weighted by molar-refractivity contribution is 0.0747. The van der Waals surface area contributed by atoms with Crippen LogP contribution in [0.1, 0.15) is 35.7 Å². The monoisotopic (exact) mass is 429 g/mol. The van der Waals surface area contributed by atoms with Gasteiger partial charge < -0.3 is 19.5 Å². The first-order valence-corrected chi connectivity index (χ1v) is 10.3. The molecule has 0 aliphatic carbocycles. The molecule has 1 heterocycles. The van der Waals surface area contributed by atoms with E-state index in [1.54, 1.807) is 13.2 Å². The lowest BCUT2D eigenvalue weighted by Gasteiger charge is -2.24. The van der Waals surface area contributed by atoms with E-state index >= 15 is 0 Å². The van der Waals surface area contributed by atoms with Crippen molar-refractivity contribution < 1.29 is 23.4 Å². The van der Waals surface area contributed by atoms with Gasteiger partial charge in [0.2, 0.25) is 0 Å². The molecule has 7 nitrogen and oxygen atoms in total. The molecular weight excluding hydrogens is 401 g/mol. The molecule has 1 amide bonds. The smallest absolute Gasteiger partial charge is 0.276 e. The molecule has 31 heavy (non-hydrogen) atoms. The molecule has 0 saturated carbocycles. The quantitative estimate of drug-likeness (QED) is 0.618. The summed E-state index contributed by atoms with van der Waals surface area (Å²) in [4.78, 5) is 12.9. The van der Waals surface area contributed by atoms with Crippen molar-refractivity contribution >= 4 is 11.6 Å². The number of hydrogen-bond acceptors (Lipinski definition) is 6. The zero-order valence-electron chi connectivity index (χ0n) is 18.1. The predicted octanol–water partition coefficient (Wildman–Crippen LogP) is 3.47. The number of nitrogens with zero attached hydrogens (tertiary/aromatic N) is 2. The van der Waals surface area contributed by atoms with Crippen LogP contribution < -0.4 is 19.5 Å². The van der Waals surface area contributed by atoms with Gasteiger partial charge >= 0.3 is 0 Å². The molecule has 2 aromatic rings. The summed E-state index contributed by atoms with van der Waals surface area (Å²) >= 11 is 0. The average molecular weight is 429 g/mol. The number of benzene rings is 2. The van der Waals surface area contributed by atoms with E-state index in [0.29, 0.717) is 50.0 Å². The van der Waals surface area contributed by atoms with Crippen LogP contribution in [0.5, 0.6) is 17.2 Å². The fourth-order valence-electron chi connectivity index (χ4n) is 3.28. The van der Waals surface area contributed by atoms with Gasteiger partial charge in [0.15, 0.2) is 11.5 Å². The lowest BCUT2D eigenvalue weighted by Crippen LogP contribution is -2.32. The Morgan fingerprint density at radius 2 is 2.03 bits per heavy atom. The highest BCUT2D eigenvalue weighted by atomic mass is 19.1. The van der Waals surface area contributed by atoms with E-state index in [9.17, 15) is 9.18 Å². The van der Waals surface area contributed by atoms with E-state index in [4.69, 9.17) is 14.2 Å². The first-order chi connectivity index (χ1) is 15.1. The van der Waals surface area contributed by atoms with Gasteiger partial charge in [0.25, 0.3) is 5.91 Å². The van der Waals surface area contributed by atoms with Crippen molar-refractivity contribution in [3.63, 3.8) is 0 Å². The number of hydrogen-bond donors (Lipinski definition) is 1. The predicted molar refractivity (Wildman–Crippen MR) is 117 cm³/mol. The first-order valence-electron chi connectivity index (χ1n) is 10.3. The number of carbonyl (C=O) groups is 1. The number of hydrazone groups is 1. The molecule has 0 saturated heterocycles. The van der Waals surface area contributed by atoms with Crippen LogP contribution in [-0.4, -0.2) is 57.1 Å². The Hall–Kier alpha value is -3.13. The van der Waals surface area contributed by atoms with Crippen molar-refractivity contribution in [1.82, 2.24) is 10.3 Å². The minimum absolute atomic E-state index is 0.0318. The number of ether oxygens (including phenoxy) is 3. The highest BCUT2D eigenvalue weighted by molar-refractivity contribution is 6.03. The average Bonchev–Trinajstić information content (AvgIpc) is 2.79. The Labute approximate surface area is 181 Å². The largest absolute Gasteiger partial charge is 0.493 e. The van der Waals surface area contributed by atoms with Crippen molar-refractivity contribution in [2.24, 2.45) is 5.10 Å². The van der Waals surface area contributed by atoms with Gasteiger partial charge in [0.1, 0.15) is 18.2 Å². The van der Waals surface area contributed by atoms with Gasteiger partial charge in [0.05, 0.1) is 25.0 Å². The summed E-state index contributed by atoms with van der Waals surface area (Å²) in [6.45, 7) is 3.89. The topological polar surface area (TPSA) is 72.4 Å². The van der Waals surface area contributed by atoms with Gasteiger partial charge in [-0.05, 0) is 57.1 Å². The zero-order valence-corrected chi connectivity index (χ0v) is 18.1. The Morgan fingerprint density at radius 1 is 1.19 bits per heavy atom.